The molecule has 5 heteroatoms. The van der Waals surface area contributed by atoms with Gasteiger partial charge in [0.1, 0.15) is 4.88 Å². The Hall–Kier alpha value is -1.10. The molecule has 0 atom stereocenters. The van der Waals surface area contributed by atoms with Crippen molar-refractivity contribution in [2.24, 2.45) is 0 Å². The van der Waals surface area contributed by atoms with E-state index in [-0.39, 0.29) is 5.91 Å². The van der Waals surface area contributed by atoms with Gasteiger partial charge in [0.15, 0.2) is 0 Å². The number of unbranched alkanes of at least 4 members (excludes halogenated alkanes) is 2. The van der Waals surface area contributed by atoms with Crippen molar-refractivity contribution in [1.82, 2.24) is 10.2 Å². The molecule has 3 rings (SSSR count). The highest BCUT2D eigenvalue weighted by atomic mass is 35.5. The maximum Gasteiger partial charge on any atom is 0.262 e. The fourth-order valence-electron chi connectivity index (χ4n) is 3.26. The summed E-state index contributed by atoms with van der Waals surface area (Å²) < 4.78 is 1.06. The van der Waals surface area contributed by atoms with E-state index >= 15 is 0 Å². The molecule has 1 aliphatic rings. The topological polar surface area (TPSA) is 32.3 Å². The van der Waals surface area contributed by atoms with E-state index in [2.05, 4.69) is 10.2 Å². The van der Waals surface area contributed by atoms with Crippen molar-refractivity contribution in [3.05, 3.63) is 34.2 Å². The minimum absolute atomic E-state index is 0.0442. The van der Waals surface area contributed by atoms with Crippen LogP contribution in [-0.4, -0.2) is 37.0 Å². The summed E-state index contributed by atoms with van der Waals surface area (Å²) in [6, 6.07) is 7.89. The number of carbonyl (C=O) groups excluding carboxylic acids is 1. The zero-order valence-corrected chi connectivity index (χ0v) is 15.6. The Labute approximate surface area is 153 Å². The van der Waals surface area contributed by atoms with Crippen LogP contribution in [0.3, 0.4) is 0 Å². The number of hydrogen-bond donors (Lipinski definition) is 1. The lowest BCUT2D eigenvalue weighted by Crippen LogP contribution is -2.30. The highest BCUT2D eigenvalue weighted by Gasteiger charge is 2.16. The molecule has 0 unspecified atom stereocenters. The minimum Gasteiger partial charge on any atom is -0.351 e. The van der Waals surface area contributed by atoms with Crippen molar-refractivity contribution < 1.29 is 4.79 Å². The van der Waals surface area contributed by atoms with E-state index in [0.717, 1.165) is 29.5 Å². The van der Waals surface area contributed by atoms with Gasteiger partial charge in [0, 0.05) is 16.6 Å². The van der Waals surface area contributed by atoms with Crippen LogP contribution in [0.25, 0.3) is 10.1 Å². The van der Waals surface area contributed by atoms with Crippen LogP contribution in [-0.2, 0) is 0 Å². The van der Waals surface area contributed by atoms with Crippen molar-refractivity contribution in [2.45, 2.75) is 38.5 Å². The van der Waals surface area contributed by atoms with Gasteiger partial charge in [-0.2, -0.15) is 0 Å². The first kappa shape index (κ1) is 17.7. The van der Waals surface area contributed by atoms with E-state index in [1.807, 2.05) is 24.3 Å². The Morgan fingerprint density at radius 1 is 1.12 bits per heavy atom. The van der Waals surface area contributed by atoms with Gasteiger partial charge < -0.3 is 10.2 Å². The van der Waals surface area contributed by atoms with Gasteiger partial charge in [-0.25, -0.2) is 0 Å². The number of thiophene rings is 1. The summed E-state index contributed by atoms with van der Waals surface area (Å²) in [6.45, 7) is 4.46. The molecule has 2 aromatic rings. The molecule has 2 heterocycles. The number of likely N-dealkylation sites (tertiary alicyclic amines) is 1. The number of carbonyl (C=O) groups is 1. The summed E-state index contributed by atoms with van der Waals surface area (Å²) >= 11 is 7.81. The summed E-state index contributed by atoms with van der Waals surface area (Å²) in [4.78, 5) is 15.5. The highest BCUT2D eigenvalue weighted by Crippen LogP contribution is 2.34. The van der Waals surface area contributed by atoms with E-state index in [1.165, 1.54) is 56.7 Å². The van der Waals surface area contributed by atoms with Crippen molar-refractivity contribution in [3.63, 3.8) is 0 Å². The molecule has 0 bridgehead atoms. The molecule has 1 amide bonds. The second-order valence-corrected chi connectivity index (χ2v) is 7.89. The first-order chi connectivity index (χ1) is 11.8. The van der Waals surface area contributed by atoms with Crippen LogP contribution in [0.2, 0.25) is 5.02 Å². The monoisotopic (exact) mass is 364 g/mol. The third-order valence-corrected chi connectivity index (χ3v) is 6.30. The van der Waals surface area contributed by atoms with Gasteiger partial charge in [0.2, 0.25) is 0 Å². The van der Waals surface area contributed by atoms with E-state index in [9.17, 15) is 4.79 Å². The van der Waals surface area contributed by atoms with Gasteiger partial charge in [-0.05, 0) is 51.4 Å². The molecule has 1 fully saturated rings. The van der Waals surface area contributed by atoms with Gasteiger partial charge >= 0.3 is 0 Å². The average Bonchev–Trinajstić information content (AvgIpc) is 2.96. The first-order valence-electron chi connectivity index (χ1n) is 8.93. The normalized spacial score (nSPS) is 15.7. The summed E-state index contributed by atoms with van der Waals surface area (Å²) in [7, 11) is 0. The number of nitrogens with one attached hydrogen (secondary N) is 1. The van der Waals surface area contributed by atoms with Crippen LogP contribution in [0.4, 0.5) is 0 Å². The lowest BCUT2D eigenvalue weighted by atomic mass is 10.1. The van der Waals surface area contributed by atoms with E-state index in [0.29, 0.717) is 9.90 Å². The van der Waals surface area contributed by atoms with Crippen molar-refractivity contribution >= 4 is 38.9 Å². The molecule has 1 aliphatic heterocycles. The Morgan fingerprint density at radius 2 is 1.92 bits per heavy atom. The largest absolute Gasteiger partial charge is 0.351 e. The molecular formula is C19H25ClN2OS. The van der Waals surface area contributed by atoms with Crippen LogP contribution in [0.1, 0.15) is 48.2 Å². The Kier molecular flexibility index (Phi) is 6.52. The van der Waals surface area contributed by atoms with Crippen molar-refractivity contribution in [1.29, 1.82) is 0 Å². The molecule has 1 saturated heterocycles. The lowest BCUT2D eigenvalue weighted by Gasteiger charge is -2.26. The second kappa shape index (κ2) is 8.84. The fraction of sp³-hybridized carbons (Fsp3) is 0.526. The number of hydrogen-bond acceptors (Lipinski definition) is 3. The van der Waals surface area contributed by atoms with Crippen LogP contribution in [0, 0.1) is 0 Å². The van der Waals surface area contributed by atoms with Gasteiger partial charge in [-0.3, -0.25) is 4.79 Å². The number of amides is 1. The summed E-state index contributed by atoms with van der Waals surface area (Å²) in [5.41, 5.74) is 0. The minimum atomic E-state index is -0.0442. The number of benzene rings is 1. The molecule has 1 aromatic heterocycles. The van der Waals surface area contributed by atoms with Gasteiger partial charge in [-0.15, -0.1) is 11.3 Å². The number of rotatable bonds is 7. The SMILES string of the molecule is O=C(NCCCCCN1CCCCC1)c1sc2ccccc2c1Cl. The van der Waals surface area contributed by atoms with Gasteiger partial charge in [0.25, 0.3) is 5.91 Å². The molecule has 0 spiro atoms. The smallest absolute Gasteiger partial charge is 0.262 e. The third-order valence-electron chi connectivity index (χ3n) is 4.63. The zero-order chi connectivity index (χ0) is 16.8. The predicted octanol–water partition coefficient (Wildman–Crippen LogP) is 4.94. The van der Waals surface area contributed by atoms with E-state index in [1.54, 1.807) is 0 Å². The van der Waals surface area contributed by atoms with Crippen LogP contribution >= 0.6 is 22.9 Å². The maximum absolute atomic E-state index is 12.3. The van der Waals surface area contributed by atoms with Gasteiger partial charge in [0.05, 0.1) is 5.02 Å². The lowest BCUT2D eigenvalue weighted by molar-refractivity contribution is 0.0957. The first-order valence-corrected chi connectivity index (χ1v) is 10.1. The van der Waals surface area contributed by atoms with E-state index in [4.69, 9.17) is 11.6 Å². The van der Waals surface area contributed by atoms with Crippen LogP contribution in [0.15, 0.2) is 24.3 Å². The van der Waals surface area contributed by atoms with Crippen molar-refractivity contribution in [2.75, 3.05) is 26.2 Å². The van der Waals surface area contributed by atoms with E-state index < -0.39 is 0 Å². The van der Waals surface area contributed by atoms with Crippen LogP contribution in [0.5, 0.6) is 0 Å². The Bertz CT molecular complexity index is 679. The Morgan fingerprint density at radius 3 is 2.71 bits per heavy atom. The molecule has 0 saturated carbocycles. The quantitative estimate of drug-likeness (QED) is 0.705. The fourth-order valence-corrected chi connectivity index (χ4v) is 4.70. The molecule has 1 aromatic carbocycles. The molecule has 0 radical (unpaired) electrons. The Balaban J connectivity index is 1.38. The summed E-state index contributed by atoms with van der Waals surface area (Å²) in [5, 5.41) is 4.56. The number of fused-ring (bicyclic) bond motifs is 1. The van der Waals surface area contributed by atoms with Crippen LogP contribution < -0.4 is 5.32 Å². The van der Waals surface area contributed by atoms with Gasteiger partial charge in [-0.1, -0.05) is 42.6 Å². The summed E-state index contributed by atoms with van der Waals surface area (Å²) in [5.74, 6) is -0.0442. The zero-order valence-electron chi connectivity index (χ0n) is 14.0. The number of halogens is 1. The molecule has 1 N–H and O–H groups in total. The van der Waals surface area contributed by atoms with Crippen molar-refractivity contribution in [3.8, 4) is 0 Å². The maximum atomic E-state index is 12.3. The number of piperidine rings is 1. The molecule has 24 heavy (non-hydrogen) atoms. The highest BCUT2D eigenvalue weighted by molar-refractivity contribution is 7.21. The summed E-state index contributed by atoms with van der Waals surface area (Å²) in [6.07, 6.45) is 7.51. The standard InChI is InChI=1S/C19H25ClN2OS/c20-17-15-9-3-4-10-16(15)24-18(17)19(23)21-11-5-1-6-12-22-13-7-2-8-14-22/h3-4,9-10H,1-2,5-8,11-14H2,(H,21,23). The molecular weight excluding hydrogens is 340 g/mol. The predicted molar refractivity (Wildman–Crippen MR) is 103 cm³/mol. The molecule has 130 valence electrons. The second-order valence-electron chi connectivity index (χ2n) is 6.46. The molecule has 3 nitrogen and oxygen atoms in total. The number of nitrogens with zero attached hydrogens (tertiary/aromatic N) is 1. The average molecular weight is 365 g/mol. The molecule has 0 aliphatic carbocycles. The third kappa shape index (κ3) is 4.50.